The van der Waals surface area contributed by atoms with Gasteiger partial charge in [-0.3, -0.25) is 0 Å². The minimum Gasteiger partial charge on any atom is -0.399 e. The van der Waals surface area contributed by atoms with E-state index >= 15 is 0 Å². The van der Waals surface area contributed by atoms with E-state index in [2.05, 4.69) is 15.3 Å². The summed E-state index contributed by atoms with van der Waals surface area (Å²) in [7, 11) is 0. The lowest BCUT2D eigenvalue weighted by Crippen LogP contribution is -1.89. The fourth-order valence-corrected chi connectivity index (χ4v) is 3.14. The first-order chi connectivity index (χ1) is 8.81. The summed E-state index contributed by atoms with van der Waals surface area (Å²) in [5.41, 5.74) is 8.66. The van der Waals surface area contributed by atoms with Crippen molar-refractivity contribution in [3.05, 3.63) is 51.8 Å². The molecule has 1 aromatic carbocycles. The molecular formula is C13H11N3S2. The molecule has 0 fully saturated rings. The van der Waals surface area contributed by atoms with Crippen molar-refractivity contribution in [3.8, 4) is 10.7 Å². The van der Waals surface area contributed by atoms with Crippen molar-refractivity contribution in [2.45, 2.75) is 6.42 Å². The van der Waals surface area contributed by atoms with Gasteiger partial charge in [0.2, 0.25) is 0 Å². The van der Waals surface area contributed by atoms with Crippen LogP contribution in [0, 0.1) is 0 Å². The van der Waals surface area contributed by atoms with Gasteiger partial charge in [-0.25, -0.2) is 9.97 Å². The molecule has 2 aromatic heterocycles. The third-order valence-corrected chi connectivity index (χ3v) is 4.18. The van der Waals surface area contributed by atoms with E-state index in [4.69, 9.17) is 5.73 Å². The van der Waals surface area contributed by atoms with E-state index in [9.17, 15) is 0 Å². The van der Waals surface area contributed by atoms with Crippen LogP contribution in [0.1, 0.15) is 10.6 Å². The lowest BCUT2D eigenvalue weighted by atomic mass is 10.1. The maximum atomic E-state index is 5.67. The number of nitrogens with zero attached hydrogens (tertiary/aromatic N) is 2. The number of hydrogen-bond donors (Lipinski definition) is 1. The standard InChI is InChI=1S/C13H11N3S2/c14-10-3-1-9(2-4-10)7-12-16-11(8-18-12)13-15-5-6-17-13/h1-6,8H,7,14H2. The van der Waals surface area contributed by atoms with Crippen molar-refractivity contribution in [2.75, 3.05) is 5.73 Å². The van der Waals surface area contributed by atoms with Gasteiger partial charge < -0.3 is 5.73 Å². The number of nitrogens with two attached hydrogens (primary N) is 1. The third kappa shape index (κ3) is 2.42. The van der Waals surface area contributed by atoms with Crippen LogP contribution in [0.25, 0.3) is 10.7 Å². The zero-order valence-corrected chi connectivity index (χ0v) is 11.2. The molecule has 2 N–H and O–H groups in total. The number of aromatic nitrogens is 2. The molecule has 0 unspecified atom stereocenters. The van der Waals surface area contributed by atoms with E-state index in [1.807, 2.05) is 29.6 Å². The predicted octanol–water partition coefficient (Wildman–Crippen LogP) is 3.44. The number of hydrogen-bond acceptors (Lipinski definition) is 5. The van der Waals surface area contributed by atoms with Gasteiger partial charge in [0.05, 0.1) is 5.01 Å². The summed E-state index contributed by atoms with van der Waals surface area (Å²) in [4.78, 5) is 8.87. The molecule has 18 heavy (non-hydrogen) atoms. The molecule has 0 saturated carbocycles. The SMILES string of the molecule is Nc1ccc(Cc2nc(-c3nccs3)cs2)cc1. The molecule has 0 aliphatic heterocycles. The highest BCUT2D eigenvalue weighted by atomic mass is 32.1. The van der Waals surface area contributed by atoms with Gasteiger partial charge in [-0.1, -0.05) is 12.1 Å². The summed E-state index contributed by atoms with van der Waals surface area (Å²) >= 11 is 3.29. The largest absolute Gasteiger partial charge is 0.399 e. The summed E-state index contributed by atoms with van der Waals surface area (Å²) in [6, 6.07) is 7.93. The quantitative estimate of drug-likeness (QED) is 0.744. The van der Waals surface area contributed by atoms with Gasteiger partial charge in [0.1, 0.15) is 10.7 Å². The lowest BCUT2D eigenvalue weighted by molar-refractivity contribution is 1.14. The van der Waals surface area contributed by atoms with Crippen molar-refractivity contribution >= 4 is 28.4 Å². The van der Waals surface area contributed by atoms with Crippen LogP contribution in [-0.2, 0) is 6.42 Å². The van der Waals surface area contributed by atoms with Crippen molar-refractivity contribution in [1.29, 1.82) is 0 Å². The molecule has 3 nitrogen and oxygen atoms in total. The Labute approximate surface area is 113 Å². The molecule has 0 radical (unpaired) electrons. The number of benzene rings is 1. The molecule has 0 bridgehead atoms. The van der Waals surface area contributed by atoms with Gasteiger partial charge in [-0.05, 0) is 17.7 Å². The van der Waals surface area contributed by atoms with E-state index in [0.717, 1.165) is 27.8 Å². The Bertz CT molecular complexity index is 627. The molecule has 2 heterocycles. The Morgan fingerprint density at radius 2 is 1.94 bits per heavy atom. The van der Waals surface area contributed by atoms with Crippen LogP contribution in [-0.4, -0.2) is 9.97 Å². The summed E-state index contributed by atoms with van der Waals surface area (Å²) in [6.07, 6.45) is 2.65. The molecule has 0 aliphatic rings. The van der Waals surface area contributed by atoms with Gasteiger partial charge in [0.25, 0.3) is 0 Å². The van der Waals surface area contributed by atoms with E-state index in [1.165, 1.54) is 5.56 Å². The average molecular weight is 273 g/mol. The number of rotatable bonds is 3. The van der Waals surface area contributed by atoms with E-state index in [0.29, 0.717) is 0 Å². The topological polar surface area (TPSA) is 51.8 Å². The highest BCUT2D eigenvalue weighted by Gasteiger charge is 2.07. The summed E-state index contributed by atoms with van der Waals surface area (Å²) in [5.74, 6) is 0. The maximum Gasteiger partial charge on any atom is 0.142 e. The van der Waals surface area contributed by atoms with Crippen LogP contribution in [0.3, 0.4) is 0 Å². The molecule has 3 rings (SSSR count). The van der Waals surface area contributed by atoms with Crippen LogP contribution in [0.2, 0.25) is 0 Å². The summed E-state index contributed by atoms with van der Waals surface area (Å²) in [5, 5.41) is 6.11. The number of nitrogen functional groups attached to an aromatic ring is 1. The van der Waals surface area contributed by atoms with Gasteiger partial charge in [0.15, 0.2) is 0 Å². The second kappa shape index (κ2) is 4.88. The molecule has 0 spiro atoms. The molecule has 5 heteroatoms. The lowest BCUT2D eigenvalue weighted by Gasteiger charge is -1.98. The van der Waals surface area contributed by atoms with Crippen molar-refractivity contribution in [1.82, 2.24) is 9.97 Å². The van der Waals surface area contributed by atoms with Crippen LogP contribution in [0.5, 0.6) is 0 Å². The van der Waals surface area contributed by atoms with E-state index in [1.54, 1.807) is 28.9 Å². The Kier molecular flexibility index (Phi) is 3.08. The van der Waals surface area contributed by atoms with Crippen molar-refractivity contribution < 1.29 is 0 Å². The van der Waals surface area contributed by atoms with Crippen LogP contribution < -0.4 is 5.73 Å². The smallest absolute Gasteiger partial charge is 0.142 e. The summed E-state index contributed by atoms with van der Waals surface area (Å²) < 4.78 is 0. The Morgan fingerprint density at radius 3 is 2.67 bits per heavy atom. The van der Waals surface area contributed by atoms with E-state index in [-0.39, 0.29) is 0 Å². The normalized spacial score (nSPS) is 10.7. The molecule has 90 valence electrons. The van der Waals surface area contributed by atoms with Gasteiger partial charge in [-0.2, -0.15) is 0 Å². The zero-order chi connectivity index (χ0) is 12.4. The first kappa shape index (κ1) is 11.4. The monoisotopic (exact) mass is 273 g/mol. The molecule has 3 aromatic rings. The summed E-state index contributed by atoms with van der Waals surface area (Å²) in [6.45, 7) is 0. The van der Waals surface area contributed by atoms with Gasteiger partial charge >= 0.3 is 0 Å². The van der Waals surface area contributed by atoms with Crippen molar-refractivity contribution in [2.24, 2.45) is 0 Å². The number of anilines is 1. The minimum atomic E-state index is 0.793. The minimum absolute atomic E-state index is 0.793. The molecule has 0 aliphatic carbocycles. The van der Waals surface area contributed by atoms with Crippen LogP contribution >= 0.6 is 22.7 Å². The van der Waals surface area contributed by atoms with E-state index < -0.39 is 0 Å². The highest BCUT2D eigenvalue weighted by molar-refractivity contribution is 7.14. The van der Waals surface area contributed by atoms with Crippen LogP contribution in [0.15, 0.2) is 41.2 Å². The first-order valence-electron chi connectivity index (χ1n) is 5.50. The highest BCUT2D eigenvalue weighted by Crippen LogP contribution is 2.25. The first-order valence-corrected chi connectivity index (χ1v) is 7.26. The Hall–Kier alpha value is -1.72. The van der Waals surface area contributed by atoms with Crippen molar-refractivity contribution in [3.63, 3.8) is 0 Å². The van der Waals surface area contributed by atoms with Crippen LogP contribution in [0.4, 0.5) is 5.69 Å². The zero-order valence-electron chi connectivity index (χ0n) is 9.54. The molecule has 0 amide bonds. The predicted molar refractivity (Wildman–Crippen MR) is 76.9 cm³/mol. The second-order valence-corrected chi connectivity index (χ2v) is 5.72. The maximum absolute atomic E-state index is 5.67. The average Bonchev–Trinajstić information content (AvgIpc) is 3.02. The molecular weight excluding hydrogens is 262 g/mol. The molecule has 0 atom stereocenters. The fourth-order valence-electron chi connectivity index (χ4n) is 1.65. The second-order valence-electron chi connectivity index (χ2n) is 3.88. The number of thiazole rings is 2. The van der Waals surface area contributed by atoms with Gasteiger partial charge in [0, 0.05) is 29.1 Å². The van der Waals surface area contributed by atoms with Gasteiger partial charge in [-0.15, -0.1) is 22.7 Å². The third-order valence-electron chi connectivity index (χ3n) is 2.54. The Morgan fingerprint density at radius 1 is 1.11 bits per heavy atom. The molecule has 0 saturated heterocycles. The fraction of sp³-hybridized carbons (Fsp3) is 0.0769. The Balaban J connectivity index is 1.80.